The zero-order chi connectivity index (χ0) is 12.5. The quantitative estimate of drug-likeness (QED) is 0.893. The van der Waals surface area contributed by atoms with E-state index in [2.05, 4.69) is 15.4 Å². The van der Waals surface area contributed by atoms with E-state index in [-0.39, 0.29) is 6.01 Å². The van der Waals surface area contributed by atoms with Gasteiger partial charge in [0.05, 0.1) is 17.5 Å². The molecule has 0 bridgehead atoms. The second kappa shape index (κ2) is 4.21. The average Bonchev–Trinajstić information content (AvgIpc) is 2.82. The smallest absolute Gasteiger partial charge is 0.419 e. The van der Waals surface area contributed by atoms with E-state index in [1.165, 1.54) is 6.26 Å². The minimum atomic E-state index is -4.42. The summed E-state index contributed by atoms with van der Waals surface area (Å²) in [7, 11) is 1.73. The van der Waals surface area contributed by atoms with E-state index < -0.39 is 11.7 Å². The van der Waals surface area contributed by atoms with Crippen molar-refractivity contribution in [1.82, 2.24) is 20.1 Å². The number of rotatable bonds is 3. The van der Waals surface area contributed by atoms with Gasteiger partial charge in [0.15, 0.2) is 0 Å². The summed E-state index contributed by atoms with van der Waals surface area (Å²) in [6.45, 7) is 0.469. The maximum Gasteiger partial charge on any atom is 0.419 e. The Morgan fingerprint density at radius 3 is 2.82 bits per heavy atom. The monoisotopic (exact) mass is 246 g/mol. The van der Waals surface area contributed by atoms with Crippen molar-refractivity contribution in [2.45, 2.75) is 12.7 Å². The Kier molecular flexibility index (Phi) is 2.88. The Hall–Kier alpha value is -1.83. The van der Waals surface area contributed by atoms with E-state index in [9.17, 15) is 13.2 Å². The van der Waals surface area contributed by atoms with Gasteiger partial charge in [-0.2, -0.15) is 27.9 Å². The SMILES string of the molecule is CNCc1coc(-n2cc(C(F)(F)F)cn2)n1. The number of nitrogens with one attached hydrogen (secondary N) is 1. The number of hydrogen-bond donors (Lipinski definition) is 1. The fourth-order valence-corrected chi connectivity index (χ4v) is 1.24. The van der Waals surface area contributed by atoms with Crippen LogP contribution in [0.1, 0.15) is 11.3 Å². The van der Waals surface area contributed by atoms with Crippen LogP contribution in [0.2, 0.25) is 0 Å². The molecule has 0 spiro atoms. The molecule has 0 saturated heterocycles. The standard InChI is InChI=1S/C9H9F3N4O/c1-13-3-7-5-17-8(15-7)16-4-6(2-14-16)9(10,11)12/h2,4-5,13H,3H2,1H3. The van der Waals surface area contributed by atoms with Gasteiger partial charge in [0, 0.05) is 12.7 Å². The third kappa shape index (κ3) is 2.47. The second-order valence-corrected chi connectivity index (χ2v) is 3.32. The van der Waals surface area contributed by atoms with E-state index >= 15 is 0 Å². The van der Waals surface area contributed by atoms with Crippen LogP contribution in [0.4, 0.5) is 13.2 Å². The lowest BCUT2D eigenvalue weighted by molar-refractivity contribution is -0.137. The summed E-state index contributed by atoms with van der Waals surface area (Å²) < 4.78 is 42.9. The van der Waals surface area contributed by atoms with Crippen molar-refractivity contribution in [3.8, 4) is 6.01 Å². The zero-order valence-electron chi connectivity index (χ0n) is 8.82. The summed E-state index contributed by atoms with van der Waals surface area (Å²) in [5, 5.41) is 6.39. The normalized spacial score (nSPS) is 12.0. The molecule has 2 aromatic heterocycles. The second-order valence-electron chi connectivity index (χ2n) is 3.32. The molecule has 0 aliphatic rings. The van der Waals surface area contributed by atoms with Gasteiger partial charge in [-0.15, -0.1) is 0 Å². The Morgan fingerprint density at radius 1 is 1.47 bits per heavy atom. The van der Waals surface area contributed by atoms with Gasteiger partial charge < -0.3 is 9.73 Å². The van der Waals surface area contributed by atoms with Crippen LogP contribution >= 0.6 is 0 Å². The first-order valence-corrected chi connectivity index (χ1v) is 4.72. The lowest BCUT2D eigenvalue weighted by atomic mass is 10.4. The molecule has 0 saturated carbocycles. The van der Waals surface area contributed by atoms with Crippen molar-refractivity contribution >= 4 is 0 Å². The number of halogens is 3. The van der Waals surface area contributed by atoms with Crippen LogP contribution in [-0.2, 0) is 12.7 Å². The first kappa shape index (κ1) is 11.6. The molecule has 2 rings (SSSR count). The Morgan fingerprint density at radius 2 is 2.24 bits per heavy atom. The molecule has 1 N–H and O–H groups in total. The molecule has 2 aromatic rings. The van der Waals surface area contributed by atoms with Crippen molar-refractivity contribution in [3.05, 3.63) is 29.9 Å². The van der Waals surface area contributed by atoms with Crippen molar-refractivity contribution < 1.29 is 17.6 Å². The van der Waals surface area contributed by atoms with Gasteiger partial charge in [-0.3, -0.25) is 0 Å². The third-order valence-corrected chi connectivity index (χ3v) is 2.00. The molecule has 8 heteroatoms. The number of aromatic nitrogens is 3. The van der Waals surface area contributed by atoms with Crippen LogP contribution in [0.15, 0.2) is 23.1 Å². The summed E-state index contributed by atoms with van der Waals surface area (Å²) in [6, 6.07) is 0.00532. The fraction of sp³-hybridized carbons (Fsp3) is 0.333. The number of oxazole rings is 1. The highest BCUT2D eigenvalue weighted by molar-refractivity contribution is 5.15. The van der Waals surface area contributed by atoms with Crippen LogP contribution in [0.25, 0.3) is 6.01 Å². The molecule has 0 radical (unpaired) electrons. The summed E-state index contributed by atoms with van der Waals surface area (Å²) in [5.74, 6) is 0. The maximum atomic E-state index is 12.3. The molecule has 0 unspecified atom stereocenters. The molecule has 0 amide bonds. The summed E-state index contributed by atoms with van der Waals surface area (Å²) in [6.07, 6.45) is -1.50. The zero-order valence-corrected chi connectivity index (χ0v) is 8.82. The molecule has 92 valence electrons. The number of nitrogens with zero attached hydrogens (tertiary/aromatic N) is 3. The first-order chi connectivity index (χ1) is 8.00. The molecule has 5 nitrogen and oxygen atoms in total. The predicted octanol–water partition coefficient (Wildman–Crippen LogP) is 1.60. The lowest BCUT2D eigenvalue weighted by Gasteiger charge is -1.99. The topological polar surface area (TPSA) is 55.9 Å². The van der Waals surface area contributed by atoms with E-state index in [1.807, 2.05) is 0 Å². The lowest BCUT2D eigenvalue weighted by Crippen LogP contribution is -2.05. The van der Waals surface area contributed by atoms with Gasteiger partial charge in [0.1, 0.15) is 6.26 Å². The van der Waals surface area contributed by atoms with Gasteiger partial charge >= 0.3 is 12.2 Å². The summed E-state index contributed by atoms with van der Waals surface area (Å²) >= 11 is 0. The molecule has 0 aromatic carbocycles. The average molecular weight is 246 g/mol. The number of alkyl halides is 3. The highest BCUT2D eigenvalue weighted by atomic mass is 19.4. The molecular formula is C9H9F3N4O. The molecular weight excluding hydrogens is 237 g/mol. The van der Waals surface area contributed by atoms with Crippen LogP contribution in [0.5, 0.6) is 0 Å². The van der Waals surface area contributed by atoms with Crippen molar-refractivity contribution in [2.24, 2.45) is 0 Å². The van der Waals surface area contributed by atoms with Crippen LogP contribution in [-0.4, -0.2) is 21.8 Å². The van der Waals surface area contributed by atoms with Gasteiger partial charge in [0.25, 0.3) is 0 Å². The highest BCUT2D eigenvalue weighted by Crippen LogP contribution is 2.28. The molecule has 17 heavy (non-hydrogen) atoms. The first-order valence-electron chi connectivity index (χ1n) is 4.72. The Bertz CT molecular complexity index is 502. The summed E-state index contributed by atoms with van der Waals surface area (Å²) in [4.78, 5) is 3.97. The Labute approximate surface area is 94.3 Å². The largest absolute Gasteiger partial charge is 0.430 e. The molecule has 0 atom stereocenters. The van der Waals surface area contributed by atoms with E-state index in [1.54, 1.807) is 7.05 Å². The predicted molar refractivity (Wildman–Crippen MR) is 51.4 cm³/mol. The fourth-order valence-electron chi connectivity index (χ4n) is 1.24. The van der Waals surface area contributed by atoms with Crippen molar-refractivity contribution in [2.75, 3.05) is 7.05 Å². The van der Waals surface area contributed by atoms with E-state index in [0.29, 0.717) is 12.2 Å². The minimum Gasteiger partial charge on any atom is -0.430 e. The van der Waals surface area contributed by atoms with Gasteiger partial charge in [-0.05, 0) is 7.05 Å². The van der Waals surface area contributed by atoms with Crippen molar-refractivity contribution in [3.63, 3.8) is 0 Å². The molecule has 2 heterocycles. The molecule has 0 aliphatic carbocycles. The van der Waals surface area contributed by atoms with E-state index in [4.69, 9.17) is 4.42 Å². The van der Waals surface area contributed by atoms with Gasteiger partial charge in [-0.1, -0.05) is 0 Å². The van der Waals surface area contributed by atoms with Crippen molar-refractivity contribution in [1.29, 1.82) is 0 Å². The van der Waals surface area contributed by atoms with Crippen LogP contribution in [0, 0.1) is 0 Å². The molecule has 0 aliphatic heterocycles. The van der Waals surface area contributed by atoms with Crippen LogP contribution < -0.4 is 5.32 Å². The minimum absolute atomic E-state index is 0.00532. The Balaban J connectivity index is 2.24. The summed E-state index contributed by atoms with van der Waals surface area (Å²) in [5.41, 5.74) is -0.252. The van der Waals surface area contributed by atoms with Crippen LogP contribution in [0.3, 0.4) is 0 Å². The number of hydrogen-bond acceptors (Lipinski definition) is 4. The highest BCUT2D eigenvalue weighted by Gasteiger charge is 2.32. The maximum absolute atomic E-state index is 12.3. The van der Waals surface area contributed by atoms with Gasteiger partial charge in [0.2, 0.25) is 0 Å². The van der Waals surface area contributed by atoms with Gasteiger partial charge in [-0.25, -0.2) is 0 Å². The van der Waals surface area contributed by atoms with E-state index in [0.717, 1.165) is 17.1 Å². The third-order valence-electron chi connectivity index (χ3n) is 2.00. The molecule has 0 fully saturated rings.